The molecule has 7 heteroatoms. The third-order valence-electron chi connectivity index (χ3n) is 6.01. The van der Waals surface area contributed by atoms with Crippen LogP contribution in [-0.2, 0) is 11.0 Å². The minimum atomic E-state index is -0.889. The molecule has 32 heavy (non-hydrogen) atoms. The summed E-state index contributed by atoms with van der Waals surface area (Å²) in [4.78, 5) is 13.7. The van der Waals surface area contributed by atoms with E-state index in [0.29, 0.717) is 5.69 Å². The Morgan fingerprint density at radius 3 is 2.44 bits per heavy atom. The Labute approximate surface area is 193 Å². The van der Waals surface area contributed by atoms with Gasteiger partial charge in [0.1, 0.15) is 5.69 Å². The summed E-state index contributed by atoms with van der Waals surface area (Å²) in [6.07, 6.45) is 1.91. The molecule has 173 valence electrons. The number of nitro groups is 1. The number of para-hydroxylation sites is 2. The third kappa shape index (κ3) is 6.40. The molecule has 0 aliphatic carbocycles. The molecule has 0 spiro atoms. The molecule has 0 amide bonds. The van der Waals surface area contributed by atoms with Crippen molar-refractivity contribution in [3.63, 3.8) is 0 Å². The van der Waals surface area contributed by atoms with E-state index in [1.165, 1.54) is 5.56 Å². The van der Waals surface area contributed by atoms with Crippen LogP contribution in [0.25, 0.3) is 0 Å². The summed E-state index contributed by atoms with van der Waals surface area (Å²) in [5.74, 6) is 0. The molecule has 1 fully saturated rings. The van der Waals surface area contributed by atoms with Gasteiger partial charge in [-0.3, -0.25) is 15.0 Å². The molecule has 0 aromatic heterocycles. The Morgan fingerprint density at radius 1 is 1.16 bits per heavy atom. The largest absolute Gasteiger partial charge is 0.412 e. The summed E-state index contributed by atoms with van der Waals surface area (Å²) >= 11 is 0. The van der Waals surface area contributed by atoms with E-state index >= 15 is 0 Å². The van der Waals surface area contributed by atoms with Crippen LogP contribution in [0.5, 0.6) is 0 Å². The zero-order valence-electron chi connectivity index (χ0n) is 19.9. The Balaban J connectivity index is 1.86. The Bertz CT molecular complexity index is 886. The van der Waals surface area contributed by atoms with Gasteiger partial charge in [-0.25, -0.2) is 0 Å². The van der Waals surface area contributed by atoms with E-state index in [9.17, 15) is 10.1 Å². The summed E-state index contributed by atoms with van der Waals surface area (Å²) in [6.45, 7) is 12.9. The first-order valence-corrected chi connectivity index (χ1v) is 13.8. The number of nitrogens with one attached hydrogen (secondary N) is 1. The van der Waals surface area contributed by atoms with Crippen LogP contribution in [0.1, 0.15) is 39.2 Å². The summed E-state index contributed by atoms with van der Waals surface area (Å²) in [6, 6.07) is 17.9. The Hall–Kier alpha value is -2.22. The fourth-order valence-electron chi connectivity index (χ4n) is 4.57. The number of hydrogen-bond donors (Lipinski definition) is 1. The van der Waals surface area contributed by atoms with Crippen molar-refractivity contribution in [2.75, 3.05) is 11.9 Å². The van der Waals surface area contributed by atoms with Crippen molar-refractivity contribution >= 4 is 20.4 Å². The zero-order valence-corrected chi connectivity index (χ0v) is 20.9. The second-order valence-corrected chi connectivity index (χ2v) is 12.0. The maximum absolute atomic E-state index is 11.5. The van der Waals surface area contributed by atoms with Crippen LogP contribution in [0.3, 0.4) is 0 Å². The van der Waals surface area contributed by atoms with Gasteiger partial charge in [-0.2, -0.15) is 0 Å². The standard InChI is InChI=1S/C25H36N3O3Si/c1-25(2,3)24(31-32(4)5)23-17-20(26-21-13-9-10-14-22(21)28(29)30)15-16-27(23)18-19-11-7-6-8-12-19/h6-14,20,23-24,26H,15-18H2,1-5H3. The molecule has 3 atom stereocenters. The van der Waals surface area contributed by atoms with Crippen molar-refractivity contribution in [1.29, 1.82) is 0 Å². The van der Waals surface area contributed by atoms with Crippen molar-refractivity contribution in [2.24, 2.45) is 5.41 Å². The van der Waals surface area contributed by atoms with E-state index in [0.717, 1.165) is 25.9 Å². The molecule has 1 saturated heterocycles. The van der Waals surface area contributed by atoms with Gasteiger partial charge < -0.3 is 9.74 Å². The molecule has 0 saturated carbocycles. The molecule has 1 aliphatic rings. The molecule has 6 nitrogen and oxygen atoms in total. The van der Waals surface area contributed by atoms with E-state index in [-0.39, 0.29) is 34.2 Å². The molecule has 2 aromatic rings. The molecular formula is C25H36N3O3Si. The van der Waals surface area contributed by atoms with E-state index in [1.54, 1.807) is 18.2 Å². The molecular weight excluding hydrogens is 418 g/mol. The third-order valence-corrected chi connectivity index (χ3v) is 6.74. The van der Waals surface area contributed by atoms with Crippen molar-refractivity contribution in [3.8, 4) is 0 Å². The van der Waals surface area contributed by atoms with Gasteiger partial charge in [-0.1, -0.05) is 63.2 Å². The van der Waals surface area contributed by atoms with Gasteiger partial charge in [-0.15, -0.1) is 0 Å². The molecule has 0 bridgehead atoms. The summed E-state index contributed by atoms with van der Waals surface area (Å²) < 4.78 is 6.61. The average molecular weight is 455 g/mol. The zero-order chi connectivity index (χ0) is 23.3. The van der Waals surface area contributed by atoms with Crippen molar-refractivity contribution in [2.45, 2.75) is 71.4 Å². The number of anilines is 1. The first-order chi connectivity index (χ1) is 15.1. The second kappa shape index (κ2) is 10.6. The van der Waals surface area contributed by atoms with Crippen LogP contribution >= 0.6 is 0 Å². The van der Waals surface area contributed by atoms with E-state index in [4.69, 9.17) is 4.43 Å². The van der Waals surface area contributed by atoms with Crippen LogP contribution in [-0.4, -0.2) is 43.6 Å². The van der Waals surface area contributed by atoms with Crippen molar-refractivity contribution in [3.05, 3.63) is 70.3 Å². The van der Waals surface area contributed by atoms with Crippen LogP contribution in [0.2, 0.25) is 13.1 Å². The number of rotatable bonds is 8. The Kier molecular flexibility index (Phi) is 8.09. The minimum absolute atomic E-state index is 0.0117. The number of nitrogens with zero attached hydrogens (tertiary/aromatic N) is 2. The van der Waals surface area contributed by atoms with Gasteiger partial charge in [0.05, 0.1) is 11.0 Å². The number of piperidine rings is 1. The SMILES string of the molecule is C[Si](C)OC(C1CC(Nc2ccccc2[N+](=O)[O-])CCN1Cc1ccccc1)C(C)(C)C. The predicted octanol–water partition coefficient (Wildman–Crippen LogP) is 5.72. The molecule has 3 unspecified atom stereocenters. The van der Waals surface area contributed by atoms with Crippen LogP contribution in [0.4, 0.5) is 11.4 Å². The molecule has 1 N–H and O–H groups in total. The molecule has 2 aromatic carbocycles. The van der Waals surface area contributed by atoms with Crippen molar-refractivity contribution in [1.82, 2.24) is 4.90 Å². The lowest BCUT2D eigenvalue weighted by Crippen LogP contribution is -2.56. The maximum Gasteiger partial charge on any atom is 0.292 e. The summed E-state index contributed by atoms with van der Waals surface area (Å²) in [5, 5.41) is 15.0. The molecule has 1 radical (unpaired) electrons. The molecule has 1 aliphatic heterocycles. The van der Waals surface area contributed by atoms with Gasteiger partial charge >= 0.3 is 0 Å². The van der Waals surface area contributed by atoms with E-state index in [1.807, 2.05) is 12.1 Å². The van der Waals surface area contributed by atoms with E-state index < -0.39 is 9.04 Å². The summed E-state index contributed by atoms with van der Waals surface area (Å²) in [5.41, 5.74) is 2.02. The van der Waals surface area contributed by atoms with Gasteiger partial charge in [-0.05, 0) is 43.0 Å². The highest BCUT2D eigenvalue weighted by Gasteiger charge is 2.41. The lowest BCUT2D eigenvalue weighted by molar-refractivity contribution is -0.384. The first-order valence-electron chi connectivity index (χ1n) is 11.4. The lowest BCUT2D eigenvalue weighted by Gasteiger charge is -2.48. The highest BCUT2D eigenvalue weighted by atomic mass is 28.3. The number of likely N-dealkylation sites (tertiary alicyclic amines) is 1. The van der Waals surface area contributed by atoms with Gasteiger partial charge in [0.25, 0.3) is 5.69 Å². The van der Waals surface area contributed by atoms with Crippen LogP contribution in [0, 0.1) is 15.5 Å². The highest BCUT2D eigenvalue weighted by molar-refractivity contribution is 6.48. The molecule has 3 rings (SSSR count). The lowest BCUT2D eigenvalue weighted by atomic mass is 9.79. The monoisotopic (exact) mass is 454 g/mol. The van der Waals surface area contributed by atoms with Crippen LogP contribution in [0.15, 0.2) is 54.6 Å². The number of benzene rings is 2. The quantitative estimate of drug-likeness (QED) is 0.314. The number of nitro benzene ring substituents is 1. The van der Waals surface area contributed by atoms with Crippen molar-refractivity contribution < 1.29 is 9.35 Å². The molecule has 1 heterocycles. The average Bonchev–Trinajstić information content (AvgIpc) is 2.73. The highest BCUT2D eigenvalue weighted by Crippen LogP contribution is 2.35. The van der Waals surface area contributed by atoms with E-state index in [2.05, 4.69) is 68.3 Å². The van der Waals surface area contributed by atoms with Crippen LogP contribution < -0.4 is 5.32 Å². The van der Waals surface area contributed by atoms with Gasteiger partial charge in [0.15, 0.2) is 0 Å². The predicted molar refractivity (Wildman–Crippen MR) is 132 cm³/mol. The Morgan fingerprint density at radius 2 is 1.81 bits per heavy atom. The normalized spacial score (nSPS) is 20.8. The first kappa shape index (κ1) is 24.4. The van der Waals surface area contributed by atoms with Gasteiger partial charge in [0.2, 0.25) is 9.04 Å². The smallest absolute Gasteiger partial charge is 0.292 e. The topological polar surface area (TPSA) is 67.6 Å². The number of hydrogen-bond acceptors (Lipinski definition) is 5. The fourth-order valence-corrected chi connectivity index (χ4v) is 5.59. The van der Waals surface area contributed by atoms with Gasteiger partial charge in [0, 0.05) is 31.2 Å². The maximum atomic E-state index is 11.5. The summed E-state index contributed by atoms with van der Waals surface area (Å²) in [7, 11) is -0.889. The second-order valence-electron chi connectivity index (χ2n) is 9.98. The fraction of sp³-hybridized carbons (Fsp3) is 0.520. The minimum Gasteiger partial charge on any atom is -0.412 e.